The van der Waals surface area contributed by atoms with Crippen LogP contribution in [0.4, 0.5) is 5.69 Å². The second kappa shape index (κ2) is 7.44. The molecule has 2 aromatic rings. The Morgan fingerprint density at radius 1 is 1.24 bits per heavy atom. The lowest BCUT2D eigenvalue weighted by atomic mass is 10.0. The van der Waals surface area contributed by atoms with Crippen molar-refractivity contribution in [3.63, 3.8) is 0 Å². The quantitative estimate of drug-likeness (QED) is 0.647. The SMILES string of the molecule is NC(=O)c1ccc(CN2CCCC2Cc2ccccc2)c([N+](=O)[O-])c1. The summed E-state index contributed by atoms with van der Waals surface area (Å²) in [6.07, 6.45) is 3.11. The fourth-order valence-corrected chi connectivity index (χ4v) is 3.46. The molecule has 25 heavy (non-hydrogen) atoms. The van der Waals surface area contributed by atoms with Gasteiger partial charge in [0.1, 0.15) is 0 Å². The molecule has 1 unspecified atom stereocenters. The molecule has 1 saturated heterocycles. The molecule has 2 N–H and O–H groups in total. The molecule has 0 bridgehead atoms. The number of primary amides is 1. The lowest BCUT2D eigenvalue weighted by Gasteiger charge is -2.24. The molecule has 6 heteroatoms. The molecular weight excluding hydrogens is 318 g/mol. The second-order valence-electron chi connectivity index (χ2n) is 6.42. The number of hydrogen-bond donors (Lipinski definition) is 1. The van der Waals surface area contributed by atoms with Gasteiger partial charge in [0.25, 0.3) is 5.69 Å². The number of amides is 1. The van der Waals surface area contributed by atoms with Crippen molar-refractivity contribution in [3.8, 4) is 0 Å². The van der Waals surface area contributed by atoms with Gasteiger partial charge in [0.15, 0.2) is 0 Å². The Labute approximate surface area is 146 Å². The molecule has 3 rings (SSSR count). The van der Waals surface area contributed by atoms with Crippen LogP contribution >= 0.6 is 0 Å². The first-order valence-corrected chi connectivity index (χ1v) is 8.39. The van der Waals surface area contributed by atoms with Crippen LogP contribution in [0.1, 0.15) is 34.3 Å². The molecule has 1 aliphatic rings. The number of carbonyl (C=O) groups is 1. The van der Waals surface area contributed by atoms with Crippen molar-refractivity contribution in [2.45, 2.75) is 31.8 Å². The number of hydrogen-bond acceptors (Lipinski definition) is 4. The van der Waals surface area contributed by atoms with Crippen molar-refractivity contribution in [2.24, 2.45) is 5.73 Å². The normalized spacial score (nSPS) is 17.5. The molecule has 6 nitrogen and oxygen atoms in total. The molecule has 0 radical (unpaired) electrons. The summed E-state index contributed by atoms with van der Waals surface area (Å²) < 4.78 is 0. The highest BCUT2D eigenvalue weighted by Crippen LogP contribution is 2.27. The molecule has 0 saturated carbocycles. The Morgan fingerprint density at radius 3 is 2.68 bits per heavy atom. The van der Waals surface area contributed by atoms with E-state index in [1.54, 1.807) is 12.1 Å². The van der Waals surface area contributed by atoms with E-state index in [0.29, 0.717) is 18.2 Å². The summed E-state index contributed by atoms with van der Waals surface area (Å²) in [4.78, 5) is 24.5. The predicted molar refractivity (Wildman–Crippen MR) is 95.2 cm³/mol. The topological polar surface area (TPSA) is 89.5 Å². The average Bonchev–Trinajstić information content (AvgIpc) is 3.02. The number of rotatable bonds is 6. The lowest BCUT2D eigenvalue weighted by molar-refractivity contribution is -0.385. The maximum Gasteiger partial charge on any atom is 0.274 e. The third-order valence-corrected chi connectivity index (χ3v) is 4.75. The molecule has 0 aliphatic carbocycles. The van der Waals surface area contributed by atoms with Gasteiger partial charge in [0.2, 0.25) is 5.91 Å². The van der Waals surface area contributed by atoms with Gasteiger partial charge in [-0.3, -0.25) is 19.8 Å². The van der Waals surface area contributed by atoms with Gasteiger partial charge in [0, 0.05) is 29.8 Å². The number of nitrogens with two attached hydrogens (primary N) is 1. The zero-order chi connectivity index (χ0) is 17.8. The number of benzene rings is 2. The smallest absolute Gasteiger partial charge is 0.274 e. The summed E-state index contributed by atoms with van der Waals surface area (Å²) in [6.45, 7) is 1.43. The molecule has 0 aromatic heterocycles. The minimum absolute atomic E-state index is 0.0401. The monoisotopic (exact) mass is 339 g/mol. The van der Waals surface area contributed by atoms with Crippen molar-refractivity contribution in [1.82, 2.24) is 4.90 Å². The number of likely N-dealkylation sites (tertiary alicyclic amines) is 1. The minimum atomic E-state index is -0.655. The van der Waals surface area contributed by atoms with E-state index in [9.17, 15) is 14.9 Å². The number of nitrogens with zero attached hydrogens (tertiary/aromatic N) is 2. The van der Waals surface area contributed by atoms with E-state index in [1.165, 1.54) is 11.6 Å². The Morgan fingerprint density at radius 2 is 2.00 bits per heavy atom. The molecule has 2 aromatic carbocycles. The van der Waals surface area contributed by atoms with Gasteiger partial charge in [-0.2, -0.15) is 0 Å². The van der Waals surface area contributed by atoms with Crippen molar-refractivity contribution < 1.29 is 9.72 Å². The maximum atomic E-state index is 11.4. The fourth-order valence-electron chi connectivity index (χ4n) is 3.46. The van der Waals surface area contributed by atoms with Crippen molar-refractivity contribution >= 4 is 11.6 Å². The highest BCUT2D eigenvalue weighted by Gasteiger charge is 2.27. The fraction of sp³-hybridized carbons (Fsp3) is 0.316. The lowest BCUT2D eigenvalue weighted by Crippen LogP contribution is -2.31. The van der Waals surface area contributed by atoms with Gasteiger partial charge in [-0.05, 0) is 37.4 Å². The third-order valence-electron chi connectivity index (χ3n) is 4.75. The van der Waals surface area contributed by atoms with Crippen LogP contribution in [0.2, 0.25) is 0 Å². The Bertz CT molecular complexity index is 777. The van der Waals surface area contributed by atoms with Crippen molar-refractivity contribution in [3.05, 3.63) is 75.3 Å². The van der Waals surface area contributed by atoms with E-state index < -0.39 is 10.8 Å². The molecule has 1 fully saturated rings. The summed E-state index contributed by atoms with van der Waals surface area (Å²) in [6, 6.07) is 15.1. The van der Waals surface area contributed by atoms with Crippen LogP contribution in [0, 0.1) is 10.1 Å². The van der Waals surface area contributed by atoms with E-state index in [1.807, 2.05) is 18.2 Å². The summed E-state index contributed by atoms with van der Waals surface area (Å²) in [5, 5.41) is 11.4. The van der Waals surface area contributed by atoms with Crippen LogP contribution in [0.15, 0.2) is 48.5 Å². The van der Waals surface area contributed by atoms with Crippen LogP contribution in [0.3, 0.4) is 0 Å². The molecular formula is C19H21N3O3. The van der Waals surface area contributed by atoms with E-state index in [4.69, 9.17) is 5.73 Å². The van der Waals surface area contributed by atoms with E-state index in [0.717, 1.165) is 25.8 Å². The predicted octanol–water partition coefficient (Wildman–Crippen LogP) is 2.90. The summed E-state index contributed by atoms with van der Waals surface area (Å²) in [7, 11) is 0. The summed E-state index contributed by atoms with van der Waals surface area (Å²) in [5.74, 6) is -0.655. The van der Waals surface area contributed by atoms with Crippen LogP contribution < -0.4 is 5.73 Å². The van der Waals surface area contributed by atoms with Gasteiger partial charge in [-0.25, -0.2) is 0 Å². The standard InChI is InChI=1S/C19H21N3O3/c20-19(23)15-8-9-16(18(12-15)22(24)25)13-21-10-4-7-17(21)11-14-5-2-1-3-6-14/h1-3,5-6,8-9,12,17H,4,7,10-11,13H2,(H2,20,23). The number of nitro groups is 1. The first-order valence-electron chi connectivity index (χ1n) is 8.39. The average molecular weight is 339 g/mol. The Hall–Kier alpha value is -2.73. The van der Waals surface area contributed by atoms with Gasteiger partial charge in [-0.15, -0.1) is 0 Å². The third kappa shape index (κ3) is 4.03. The summed E-state index contributed by atoms with van der Waals surface area (Å²) >= 11 is 0. The second-order valence-corrected chi connectivity index (χ2v) is 6.42. The number of carbonyl (C=O) groups excluding carboxylic acids is 1. The van der Waals surface area contributed by atoms with Gasteiger partial charge in [0.05, 0.1) is 4.92 Å². The number of nitro benzene ring substituents is 1. The highest BCUT2D eigenvalue weighted by molar-refractivity contribution is 5.93. The van der Waals surface area contributed by atoms with E-state index in [-0.39, 0.29) is 11.3 Å². The molecule has 1 amide bonds. The van der Waals surface area contributed by atoms with E-state index in [2.05, 4.69) is 17.0 Å². The van der Waals surface area contributed by atoms with Crippen LogP contribution in [-0.4, -0.2) is 28.3 Å². The van der Waals surface area contributed by atoms with Gasteiger partial charge < -0.3 is 5.73 Å². The Balaban J connectivity index is 1.78. The molecule has 1 atom stereocenters. The molecule has 1 aliphatic heterocycles. The zero-order valence-corrected chi connectivity index (χ0v) is 13.9. The maximum absolute atomic E-state index is 11.4. The van der Waals surface area contributed by atoms with Crippen molar-refractivity contribution in [2.75, 3.05) is 6.54 Å². The van der Waals surface area contributed by atoms with Crippen LogP contribution in [-0.2, 0) is 13.0 Å². The minimum Gasteiger partial charge on any atom is -0.366 e. The zero-order valence-electron chi connectivity index (χ0n) is 13.9. The Kier molecular flexibility index (Phi) is 5.09. The molecule has 130 valence electrons. The van der Waals surface area contributed by atoms with Crippen molar-refractivity contribution in [1.29, 1.82) is 0 Å². The first-order chi connectivity index (χ1) is 12.0. The molecule has 1 heterocycles. The largest absolute Gasteiger partial charge is 0.366 e. The highest BCUT2D eigenvalue weighted by atomic mass is 16.6. The first kappa shape index (κ1) is 17.1. The van der Waals surface area contributed by atoms with Gasteiger partial charge in [-0.1, -0.05) is 36.4 Å². The van der Waals surface area contributed by atoms with Gasteiger partial charge >= 0.3 is 0 Å². The van der Waals surface area contributed by atoms with Crippen LogP contribution in [0.5, 0.6) is 0 Å². The van der Waals surface area contributed by atoms with Crippen LogP contribution in [0.25, 0.3) is 0 Å². The summed E-state index contributed by atoms with van der Waals surface area (Å²) in [5.41, 5.74) is 7.25. The van der Waals surface area contributed by atoms with E-state index >= 15 is 0 Å². The molecule has 0 spiro atoms.